The van der Waals surface area contributed by atoms with E-state index in [0.29, 0.717) is 21.8 Å². The number of alkyl halides is 3. The molecule has 0 radical (unpaired) electrons. The molecule has 0 bridgehead atoms. The highest BCUT2D eigenvalue weighted by atomic mass is 35.5. The molecule has 146 valence electrons. The van der Waals surface area contributed by atoms with Crippen molar-refractivity contribution in [1.29, 1.82) is 0 Å². The number of piperidine rings is 1. The number of benzene rings is 1. The van der Waals surface area contributed by atoms with Crippen LogP contribution in [0.15, 0.2) is 29.3 Å². The van der Waals surface area contributed by atoms with Gasteiger partial charge < -0.3 is 10.6 Å². The number of rotatable bonds is 4. The molecule has 1 saturated heterocycles. The molecule has 1 fully saturated rings. The van der Waals surface area contributed by atoms with Crippen molar-refractivity contribution in [1.82, 2.24) is 14.9 Å². The SMILES string of the molecule is CN=C(NCc1ccc(Cl)cc1)NC1CCN(S(=O)(=O)C(F)(F)F)CC1. The minimum atomic E-state index is -5.26. The van der Waals surface area contributed by atoms with Crippen LogP contribution >= 0.6 is 11.6 Å². The second-order valence-electron chi connectivity index (χ2n) is 5.82. The van der Waals surface area contributed by atoms with E-state index in [-0.39, 0.29) is 32.0 Å². The summed E-state index contributed by atoms with van der Waals surface area (Å²) < 4.78 is 61.1. The van der Waals surface area contributed by atoms with Crippen molar-refractivity contribution in [3.8, 4) is 0 Å². The van der Waals surface area contributed by atoms with Crippen molar-refractivity contribution in [2.45, 2.75) is 30.9 Å². The normalized spacial score (nSPS) is 18.0. The summed E-state index contributed by atoms with van der Waals surface area (Å²) in [6.45, 7) is 0.125. The number of nitrogens with zero attached hydrogens (tertiary/aromatic N) is 2. The van der Waals surface area contributed by atoms with Gasteiger partial charge in [0.15, 0.2) is 5.96 Å². The summed E-state index contributed by atoms with van der Waals surface area (Å²) in [4.78, 5) is 4.08. The first kappa shape index (κ1) is 20.8. The van der Waals surface area contributed by atoms with Crippen LogP contribution in [-0.2, 0) is 16.6 Å². The number of aliphatic imine (C=N–C) groups is 1. The number of nitrogens with one attached hydrogen (secondary N) is 2. The Balaban J connectivity index is 1.84. The van der Waals surface area contributed by atoms with E-state index in [4.69, 9.17) is 11.6 Å². The molecule has 0 unspecified atom stereocenters. The summed E-state index contributed by atoms with van der Waals surface area (Å²) in [6.07, 6.45) is 0.522. The number of hydrogen-bond donors (Lipinski definition) is 2. The Kier molecular flexibility index (Phi) is 6.75. The topological polar surface area (TPSA) is 73.8 Å². The van der Waals surface area contributed by atoms with Crippen LogP contribution in [-0.4, -0.2) is 50.4 Å². The maximum absolute atomic E-state index is 12.6. The summed E-state index contributed by atoms with van der Waals surface area (Å²) >= 11 is 5.83. The molecule has 2 N–H and O–H groups in total. The molecule has 11 heteroatoms. The van der Waals surface area contributed by atoms with Gasteiger partial charge in [-0.2, -0.15) is 17.5 Å². The molecule has 0 spiro atoms. The zero-order valence-corrected chi connectivity index (χ0v) is 15.6. The summed E-state index contributed by atoms with van der Waals surface area (Å²) in [5.74, 6) is 0.497. The number of guanidine groups is 1. The lowest BCUT2D eigenvalue weighted by molar-refractivity contribution is -0.0494. The minimum Gasteiger partial charge on any atom is -0.354 e. The van der Waals surface area contributed by atoms with E-state index in [9.17, 15) is 21.6 Å². The second-order valence-corrected chi connectivity index (χ2v) is 8.19. The fourth-order valence-corrected chi connectivity index (χ4v) is 3.67. The molecule has 1 heterocycles. The minimum absolute atomic E-state index is 0.161. The number of sulfonamides is 1. The zero-order valence-electron chi connectivity index (χ0n) is 14.1. The van der Waals surface area contributed by atoms with E-state index in [1.165, 1.54) is 0 Å². The van der Waals surface area contributed by atoms with Gasteiger partial charge in [0.1, 0.15) is 0 Å². The van der Waals surface area contributed by atoms with Crippen LogP contribution < -0.4 is 10.6 Å². The standard InChI is InChI=1S/C15H20ClF3N4O2S/c1-20-14(21-10-11-2-4-12(16)5-3-11)22-13-6-8-23(9-7-13)26(24,25)15(17,18)19/h2-5,13H,6-10H2,1H3,(H2,20,21,22). The molecule has 2 rings (SSSR count). The van der Waals surface area contributed by atoms with Crippen LogP contribution in [0.2, 0.25) is 5.02 Å². The molecule has 0 amide bonds. The van der Waals surface area contributed by atoms with Crippen LogP contribution in [0, 0.1) is 0 Å². The van der Waals surface area contributed by atoms with Crippen molar-refractivity contribution in [3.05, 3.63) is 34.9 Å². The van der Waals surface area contributed by atoms with Gasteiger partial charge in [-0.05, 0) is 30.5 Å². The molecule has 1 aliphatic rings. The Labute approximate surface area is 155 Å². The second kappa shape index (κ2) is 8.45. The van der Waals surface area contributed by atoms with Gasteiger partial charge in [-0.1, -0.05) is 23.7 Å². The maximum Gasteiger partial charge on any atom is 0.511 e. The predicted octanol–water partition coefficient (Wildman–Crippen LogP) is 2.32. The number of halogens is 4. The van der Waals surface area contributed by atoms with Gasteiger partial charge in [-0.15, -0.1) is 0 Å². The Hall–Kier alpha value is -1.52. The monoisotopic (exact) mass is 412 g/mol. The fraction of sp³-hybridized carbons (Fsp3) is 0.533. The van der Waals surface area contributed by atoms with Gasteiger partial charge in [0, 0.05) is 37.7 Å². The van der Waals surface area contributed by atoms with Gasteiger partial charge in [-0.3, -0.25) is 4.99 Å². The third kappa shape index (κ3) is 5.24. The lowest BCUT2D eigenvalue weighted by atomic mass is 10.1. The largest absolute Gasteiger partial charge is 0.511 e. The first-order valence-electron chi connectivity index (χ1n) is 7.91. The summed E-state index contributed by atoms with van der Waals surface area (Å²) in [5, 5.41) is 6.85. The highest BCUT2D eigenvalue weighted by Crippen LogP contribution is 2.28. The van der Waals surface area contributed by atoms with E-state index in [1.54, 1.807) is 19.2 Å². The highest BCUT2D eigenvalue weighted by molar-refractivity contribution is 7.90. The van der Waals surface area contributed by atoms with E-state index < -0.39 is 15.5 Å². The highest BCUT2D eigenvalue weighted by Gasteiger charge is 2.50. The van der Waals surface area contributed by atoms with Crippen molar-refractivity contribution in [2.24, 2.45) is 4.99 Å². The molecule has 26 heavy (non-hydrogen) atoms. The van der Waals surface area contributed by atoms with Crippen LogP contribution in [0.5, 0.6) is 0 Å². The molecule has 6 nitrogen and oxygen atoms in total. The zero-order chi connectivity index (χ0) is 19.4. The Bertz CT molecular complexity index is 730. The van der Waals surface area contributed by atoms with Gasteiger partial charge in [0.05, 0.1) is 0 Å². The Morgan fingerprint density at radius 3 is 2.35 bits per heavy atom. The van der Waals surface area contributed by atoms with Gasteiger partial charge in [-0.25, -0.2) is 8.42 Å². The van der Waals surface area contributed by atoms with Crippen LogP contribution in [0.1, 0.15) is 18.4 Å². The van der Waals surface area contributed by atoms with Crippen molar-refractivity contribution in [2.75, 3.05) is 20.1 Å². The van der Waals surface area contributed by atoms with E-state index >= 15 is 0 Å². The van der Waals surface area contributed by atoms with Crippen LogP contribution in [0.4, 0.5) is 13.2 Å². The average Bonchev–Trinajstić information content (AvgIpc) is 2.59. The predicted molar refractivity (Wildman–Crippen MR) is 94.4 cm³/mol. The molecule has 1 aromatic rings. The fourth-order valence-electron chi connectivity index (χ4n) is 2.56. The van der Waals surface area contributed by atoms with Gasteiger partial charge >= 0.3 is 15.5 Å². The molecule has 0 aromatic heterocycles. The van der Waals surface area contributed by atoms with Gasteiger partial charge in [0.2, 0.25) is 0 Å². The van der Waals surface area contributed by atoms with E-state index in [1.807, 2.05) is 12.1 Å². The van der Waals surface area contributed by atoms with Crippen molar-refractivity contribution >= 4 is 27.6 Å². The summed E-state index contributed by atoms with van der Waals surface area (Å²) in [6, 6.07) is 7.11. The summed E-state index contributed by atoms with van der Waals surface area (Å²) in [7, 11) is -3.67. The Morgan fingerprint density at radius 2 is 1.85 bits per heavy atom. The molecular formula is C15H20ClF3N4O2S. The smallest absolute Gasteiger partial charge is 0.354 e. The van der Waals surface area contributed by atoms with E-state index in [0.717, 1.165) is 5.56 Å². The van der Waals surface area contributed by atoms with Gasteiger partial charge in [0.25, 0.3) is 0 Å². The average molecular weight is 413 g/mol. The van der Waals surface area contributed by atoms with Crippen LogP contribution in [0.3, 0.4) is 0 Å². The third-order valence-electron chi connectivity index (χ3n) is 4.02. The number of hydrogen-bond acceptors (Lipinski definition) is 3. The van der Waals surface area contributed by atoms with Crippen molar-refractivity contribution < 1.29 is 21.6 Å². The van der Waals surface area contributed by atoms with Crippen molar-refractivity contribution in [3.63, 3.8) is 0 Å². The first-order valence-corrected chi connectivity index (χ1v) is 9.73. The first-order chi connectivity index (χ1) is 12.1. The summed E-state index contributed by atoms with van der Waals surface area (Å²) in [5.41, 5.74) is -4.27. The third-order valence-corrected chi connectivity index (χ3v) is 5.91. The lowest BCUT2D eigenvalue weighted by Crippen LogP contribution is -2.51. The molecule has 1 aromatic carbocycles. The Morgan fingerprint density at radius 1 is 1.27 bits per heavy atom. The molecule has 0 aliphatic carbocycles. The quantitative estimate of drug-likeness (QED) is 0.588. The van der Waals surface area contributed by atoms with Crippen LogP contribution in [0.25, 0.3) is 0 Å². The molecule has 1 aliphatic heterocycles. The lowest BCUT2D eigenvalue weighted by Gasteiger charge is -2.32. The maximum atomic E-state index is 12.6. The molecule has 0 saturated carbocycles. The molecule has 0 atom stereocenters. The molecular weight excluding hydrogens is 393 g/mol. The van der Waals surface area contributed by atoms with E-state index in [2.05, 4.69) is 15.6 Å².